The van der Waals surface area contributed by atoms with Gasteiger partial charge in [-0.15, -0.1) is 0 Å². The molecule has 1 unspecified atom stereocenters. The Labute approximate surface area is 187 Å². The Morgan fingerprint density at radius 3 is 2.58 bits per heavy atom. The molecule has 5 heteroatoms. The van der Waals surface area contributed by atoms with Crippen molar-refractivity contribution < 1.29 is 9.47 Å². The first kappa shape index (κ1) is 25.9. The van der Waals surface area contributed by atoms with Gasteiger partial charge in [0.2, 0.25) is 0 Å². The van der Waals surface area contributed by atoms with Gasteiger partial charge in [0.1, 0.15) is 5.76 Å². The number of ether oxygens (including phenoxy) is 2. The topological polar surface area (TPSA) is 67.0 Å². The first-order valence-electron chi connectivity index (χ1n) is 10.6. The van der Waals surface area contributed by atoms with Gasteiger partial charge in [-0.05, 0) is 71.6 Å². The fourth-order valence-electron chi connectivity index (χ4n) is 3.05. The van der Waals surface area contributed by atoms with Crippen LogP contribution in [0.1, 0.15) is 54.4 Å². The predicted molar refractivity (Wildman–Crippen MR) is 130 cm³/mol. The van der Waals surface area contributed by atoms with E-state index in [9.17, 15) is 5.26 Å². The molecule has 1 atom stereocenters. The molecule has 0 N–H and O–H groups in total. The van der Waals surface area contributed by atoms with Gasteiger partial charge in [0.25, 0.3) is 0 Å². The van der Waals surface area contributed by atoms with Crippen molar-refractivity contribution in [2.75, 3.05) is 13.7 Å². The summed E-state index contributed by atoms with van der Waals surface area (Å²) in [4.78, 5) is 9.02. The molecule has 1 aliphatic carbocycles. The van der Waals surface area contributed by atoms with E-state index in [-0.39, 0.29) is 5.92 Å². The average molecular weight is 422 g/mol. The van der Waals surface area contributed by atoms with Gasteiger partial charge in [-0.3, -0.25) is 4.99 Å². The number of allylic oxidation sites excluding steroid dienone is 7. The molecule has 0 saturated carbocycles. The molecule has 0 spiro atoms. The Morgan fingerprint density at radius 1 is 1.32 bits per heavy atom. The monoisotopic (exact) mass is 421 g/mol. The van der Waals surface area contributed by atoms with Crippen LogP contribution in [0.2, 0.25) is 0 Å². The predicted octanol–water partition coefficient (Wildman–Crippen LogP) is 6.60. The lowest BCUT2D eigenvalue weighted by Crippen LogP contribution is -2.18. The number of hydrogen-bond donors (Lipinski definition) is 0. The number of nitriles is 1. The number of nitrogens with zero attached hydrogens (tertiary/aromatic N) is 3. The summed E-state index contributed by atoms with van der Waals surface area (Å²) in [6.45, 7) is 16.4. The summed E-state index contributed by atoms with van der Waals surface area (Å²) >= 11 is 0. The molecule has 0 aliphatic heterocycles. The zero-order chi connectivity index (χ0) is 23.4. The normalized spacial score (nSPS) is 16.2. The molecule has 5 nitrogen and oxygen atoms in total. The minimum atomic E-state index is -0.0238. The van der Waals surface area contributed by atoms with Gasteiger partial charge in [-0.2, -0.15) is 5.26 Å². The van der Waals surface area contributed by atoms with E-state index in [1.54, 1.807) is 19.4 Å². The number of methoxy groups -OCH3 is 1. The van der Waals surface area contributed by atoms with Gasteiger partial charge in [-0.25, -0.2) is 4.99 Å². The quantitative estimate of drug-likeness (QED) is 0.182. The molecule has 0 aromatic rings. The van der Waals surface area contributed by atoms with Crippen molar-refractivity contribution >= 4 is 11.6 Å². The third kappa shape index (κ3) is 8.25. The largest absolute Gasteiger partial charge is 0.496 e. The van der Waals surface area contributed by atoms with Gasteiger partial charge in [0, 0.05) is 11.9 Å². The van der Waals surface area contributed by atoms with E-state index >= 15 is 0 Å². The van der Waals surface area contributed by atoms with E-state index in [1.165, 1.54) is 0 Å². The molecule has 0 saturated heterocycles. The van der Waals surface area contributed by atoms with E-state index in [0.717, 1.165) is 22.4 Å². The maximum absolute atomic E-state index is 9.25. The van der Waals surface area contributed by atoms with E-state index in [0.29, 0.717) is 42.4 Å². The lowest BCUT2D eigenvalue weighted by molar-refractivity contribution is 0.297. The average Bonchev–Trinajstić information content (AvgIpc) is 2.95. The molecule has 1 rings (SSSR count). The van der Waals surface area contributed by atoms with Crippen LogP contribution in [-0.2, 0) is 9.47 Å². The highest BCUT2D eigenvalue weighted by Gasteiger charge is 2.20. The van der Waals surface area contributed by atoms with E-state index in [1.807, 2.05) is 40.7 Å². The highest BCUT2D eigenvalue weighted by molar-refractivity contribution is 5.82. The molecule has 0 amide bonds. The molecule has 0 bridgehead atoms. The molecule has 0 aromatic heterocycles. The summed E-state index contributed by atoms with van der Waals surface area (Å²) < 4.78 is 11.4. The molecular formula is C26H35N3O2. The Hall–Kier alpha value is -3.13. The standard InChI is InChI=1S/C26H35N3O2/c1-9-23(15-24-13-11-12-22(16-27)14-25(24)30-8)20(6)26(31-10-2)28-17-19(5)21(7)29-18(3)4/h9,12-14,17,20H,7,10-11,15H2,1-6,8H3/b19-17-,23-9+,28-26+. The molecule has 0 fully saturated rings. The summed E-state index contributed by atoms with van der Waals surface area (Å²) in [5.41, 5.74) is 5.35. The third-order valence-corrected chi connectivity index (χ3v) is 4.84. The Bertz CT molecular complexity index is 915. The molecule has 0 heterocycles. The fraction of sp³-hybridized carbons (Fsp3) is 0.423. The fourth-order valence-corrected chi connectivity index (χ4v) is 3.05. The lowest BCUT2D eigenvalue weighted by atomic mass is 9.92. The summed E-state index contributed by atoms with van der Waals surface area (Å²) in [5.74, 6) is 1.34. The van der Waals surface area contributed by atoms with Crippen molar-refractivity contribution in [1.29, 1.82) is 5.26 Å². The zero-order valence-electron chi connectivity index (χ0n) is 20.0. The minimum Gasteiger partial charge on any atom is -0.496 e. The van der Waals surface area contributed by atoms with Gasteiger partial charge < -0.3 is 9.47 Å². The van der Waals surface area contributed by atoms with Crippen LogP contribution in [-0.4, -0.2) is 25.3 Å². The van der Waals surface area contributed by atoms with Crippen molar-refractivity contribution in [3.05, 3.63) is 70.8 Å². The number of hydrogen-bond acceptors (Lipinski definition) is 5. The van der Waals surface area contributed by atoms with Crippen molar-refractivity contribution in [3.63, 3.8) is 0 Å². The maximum atomic E-state index is 9.25. The molecule has 1 aliphatic rings. The molecule has 31 heavy (non-hydrogen) atoms. The van der Waals surface area contributed by atoms with Crippen LogP contribution in [0.4, 0.5) is 0 Å². The zero-order valence-corrected chi connectivity index (χ0v) is 20.0. The van der Waals surface area contributed by atoms with Crippen LogP contribution in [0.5, 0.6) is 0 Å². The lowest BCUT2D eigenvalue weighted by Gasteiger charge is -2.20. The van der Waals surface area contributed by atoms with Crippen LogP contribution in [0, 0.1) is 17.2 Å². The van der Waals surface area contributed by atoms with Gasteiger partial charge >= 0.3 is 0 Å². The van der Waals surface area contributed by atoms with Crippen LogP contribution >= 0.6 is 0 Å². The smallest absolute Gasteiger partial charge is 0.194 e. The Balaban J connectivity index is 3.15. The summed E-state index contributed by atoms with van der Waals surface area (Å²) in [7, 11) is 1.63. The highest BCUT2D eigenvalue weighted by Crippen LogP contribution is 2.29. The SMILES string of the molecule is C=C(N=C(C)C)/C(C)=C\N=C(\OCC)C(C)/C(=C/C)CC1=CCC=C(C#N)C=C1OC. The summed E-state index contributed by atoms with van der Waals surface area (Å²) in [6.07, 6.45) is 11.0. The van der Waals surface area contributed by atoms with Crippen molar-refractivity contribution in [1.82, 2.24) is 0 Å². The second-order valence-electron chi connectivity index (χ2n) is 7.43. The van der Waals surface area contributed by atoms with Crippen LogP contribution in [0.15, 0.2) is 80.8 Å². The van der Waals surface area contributed by atoms with Gasteiger partial charge in [0.05, 0.1) is 37.0 Å². The van der Waals surface area contributed by atoms with Crippen molar-refractivity contribution in [2.24, 2.45) is 15.9 Å². The van der Waals surface area contributed by atoms with Crippen molar-refractivity contribution in [3.8, 4) is 6.07 Å². The molecular weight excluding hydrogens is 386 g/mol. The Kier molecular flexibility index (Phi) is 11.1. The Morgan fingerprint density at radius 2 is 2.03 bits per heavy atom. The first-order valence-corrected chi connectivity index (χ1v) is 10.6. The van der Waals surface area contributed by atoms with Crippen molar-refractivity contribution in [2.45, 2.75) is 54.4 Å². The second kappa shape index (κ2) is 13.2. The van der Waals surface area contributed by atoms with E-state index in [2.05, 4.69) is 41.7 Å². The second-order valence-corrected chi connectivity index (χ2v) is 7.43. The van der Waals surface area contributed by atoms with Crippen LogP contribution in [0.3, 0.4) is 0 Å². The molecule has 166 valence electrons. The van der Waals surface area contributed by atoms with Gasteiger partial charge in [0.15, 0.2) is 5.90 Å². The highest BCUT2D eigenvalue weighted by atomic mass is 16.5. The maximum Gasteiger partial charge on any atom is 0.194 e. The third-order valence-electron chi connectivity index (χ3n) is 4.84. The van der Waals surface area contributed by atoms with Gasteiger partial charge in [-0.1, -0.05) is 30.4 Å². The van der Waals surface area contributed by atoms with E-state index < -0.39 is 0 Å². The first-order chi connectivity index (χ1) is 14.8. The number of rotatable bonds is 9. The van der Waals surface area contributed by atoms with Crippen LogP contribution in [0.25, 0.3) is 0 Å². The summed E-state index contributed by atoms with van der Waals surface area (Å²) in [5, 5.41) is 9.25. The number of aliphatic imine (C=N–C) groups is 2. The summed E-state index contributed by atoms with van der Waals surface area (Å²) in [6, 6.07) is 2.20. The molecule has 0 radical (unpaired) electrons. The minimum absolute atomic E-state index is 0.0238. The van der Waals surface area contributed by atoms with Crippen LogP contribution < -0.4 is 0 Å². The van der Waals surface area contributed by atoms with E-state index in [4.69, 9.17) is 9.47 Å². The molecule has 0 aromatic carbocycles.